The van der Waals surface area contributed by atoms with Gasteiger partial charge in [0.2, 0.25) is 0 Å². The number of fused-ring (bicyclic) bond motifs is 7. The molecular weight excluding hydrogens is 823 g/mol. The molecule has 0 spiro atoms. The lowest BCUT2D eigenvalue weighted by Gasteiger charge is -2.27. The van der Waals surface area contributed by atoms with Crippen molar-refractivity contribution >= 4 is 71.3 Å². The van der Waals surface area contributed by atoms with Crippen LogP contribution in [0.25, 0.3) is 110 Å². The highest BCUT2D eigenvalue weighted by Crippen LogP contribution is 2.47. The van der Waals surface area contributed by atoms with Crippen LogP contribution in [-0.2, 0) is 0 Å². The standard InChI is InChI=1S/C66H43NO/c1-2-17-48(18-3-1)64-59-27-8-6-25-57(59)58-26-7-9-28-60(58)65(64)50-21-13-23-53(43-50)67(52-22-12-20-49(42-52)56-31-15-33-63-66(56)61-29-10-11-32-62(61)68-63)51-40-38-45(39-41-51)44-34-36-47(37-35-44)55-30-14-19-46-16-4-5-24-54(46)55/h1-43H. The molecule has 0 aliphatic rings. The van der Waals surface area contributed by atoms with E-state index in [0.29, 0.717) is 0 Å². The lowest BCUT2D eigenvalue weighted by atomic mass is 9.85. The Morgan fingerprint density at radius 1 is 0.250 bits per heavy atom. The van der Waals surface area contributed by atoms with Crippen molar-refractivity contribution in [1.29, 1.82) is 0 Å². The Balaban J connectivity index is 0.970. The second kappa shape index (κ2) is 16.5. The Bertz CT molecular complexity index is 4010. The molecular formula is C66H43NO. The predicted molar refractivity (Wildman–Crippen MR) is 288 cm³/mol. The van der Waals surface area contributed by atoms with E-state index in [-0.39, 0.29) is 0 Å². The Hall–Kier alpha value is -8.98. The lowest BCUT2D eigenvalue weighted by Crippen LogP contribution is -2.10. The van der Waals surface area contributed by atoms with Gasteiger partial charge in [-0.2, -0.15) is 0 Å². The summed E-state index contributed by atoms with van der Waals surface area (Å²) >= 11 is 0. The van der Waals surface area contributed by atoms with Crippen molar-refractivity contribution in [1.82, 2.24) is 0 Å². The summed E-state index contributed by atoms with van der Waals surface area (Å²) in [6, 6.07) is 94.5. The molecule has 13 rings (SSSR count). The number of benzene rings is 12. The fraction of sp³-hybridized carbons (Fsp3) is 0. The van der Waals surface area contributed by atoms with E-state index in [4.69, 9.17) is 4.42 Å². The normalized spacial score (nSPS) is 11.5. The van der Waals surface area contributed by atoms with Crippen LogP contribution in [0.3, 0.4) is 0 Å². The zero-order valence-electron chi connectivity index (χ0n) is 37.2. The van der Waals surface area contributed by atoms with Gasteiger partial charge >= 0.3 is 0 Å². The van der Waals surface area contributed by atoms with E-state index < -0.39 is 0 Å². The van der Waals surface area contributed by atoms with Crippen LogP contribution in [0.15, 0.2) is 265 Å². The predicted octanol–water partition coefficient (Wildman–Crippen LogP) is 18.9. The minimum Gasteiger partial charge on any atom is -0.456 e. The highest BCUT2D eigenvalue weighted by atomic mass is 16.3. The van der Waals surface area contributed by atoms with Crippen LogP contribution in [0.1, 0.15) is 0 Å². The molecule has 0 saturated carbocycles. The fourth-order valence-corrected chi connectivity index (χ4v) is 10.5. The van der Waals surface area contributed by atoms with Gasteiger partial charge in [-0.3, -0.25) is 0 Å². The van der Waals surface area contributed by atoms with Crippen LogP contribution in [0, 0.1) is 0 Å². The van der Waals surface area contributed by atoms with E-state index in [9.17, 15) is 0 Å². The summed E-state index contributed by atoms with van der Waals surface area (Å²) in [4.78, 5) is 2.40. The maximum atomic E-state index is 6.37. The summed E-state index contributed by atoms with van der Waals surface area (Å²) < 4.78 is 6.37. The number of hydrogen-bond acceptors (Lipinski definition) is 2. The minimum atomic E-state index is 0.885. The van der Waals surface area contributed by atoms with Crippen LogP contribution < -0.4 is 4.90 Å². The number of para-hydroxylation sites is 1. The molecule has 0 unspecified atom stereocenters. The van der Waals surface area contributed by atoms with E-state index in [1.807, 2.05) is 6.07 Å². The molecule has 0 N–H and O–H groups in total. The van der Waals surface area contributed by atoms with Crippen molar-refractivity contribution in [3.63, 3.8) is 0 Å². The summed E-state index contributed by atoms with van der Waals surface area (Å²) in [5.74, 6) is 0. The summed E-state index contributed by atoms with van der Waals surface area (Å²) in [5, 5.41) is 9.72. The molecule has 318 valence electrons. The topological polar surface area (TPSA) is 16.4 Å². The summed E-state index contributed by atoms with van der Waals surface area (Å²) in [6.07, 6.45) is 0. The third-order valence-electron chi connectivity index (χ3n) is 13.7. The average molecular weight is 866 g/mol. The van der Waals surface area contributed by atoms with Crippen LogP contribution in [0.2, 0.25) is 0 Å². The summed E-state index contributed by atoms with van der Waals surface area (Å²) in [5.41, 5.74) is 16.8. The number of anilines is 3. The van der Waals surface area contributed by atoms with Crippen molar-refractivity contribution in [3.8, 4) is 55.6 Å². The van der Waals surface area contributed by atoms with Gasteiger partial charge < -0.3 is 9.32 Å². The van der Waals surface area contributed by atoms with Crippen molar-refractivity contribution in [2.24, 2.45) is 0 Å². The number of hydrogen-bond donors (Lipinski definition) is 0. The molecule has 2 nitrogen and oxygen atoms in total. The number of rotatable bonds is 8. The zero-order valence-corrected chi connectivity index (χ0v) is 37.2. The van der Waals surface area contributed by atoms with Gasteiger partial charge in [-0.15, -0.1) is 0 Å². The van der Waals surface area contributed by atoms with E-state index in [1.165, 1.54) is 65.7 Å². The van der Waals surface area contributed by atoms with Gasteiger partial charge in [0.1, 0.15) is 11.2 Å². The Morgan fingerprint density at radius 2 is 0.721 bits per heavy atom. The first-order chi connectivity index (χ1) is 33.7. The maximum absolute atomic E-state index is 6.37. The molecule has 0 fully saturated rings. The lowest BCUT2D eigenvalue weighted by molar-refractivity contribution is 0.669. The SMILES string of the molecule is c1ccc(-c2c(-c3cccc(N(c4ccc(-c5ccc(-c6cccc7ccccc67)cc5)cc4)c4cccc(-c5cccc6oc7ccccc7c56)c4)c3)c3ccccc3c3ccccc23)cc1. The molecule has 12 aromatic carbocycles. The third kappa shape index (κ3) is 6.73. The van der Waals surface area contributed by atoms with Crippen molar-refractivity contribution in [3.05, 3.63) is 261 Å². The molecule has 0 aliphatic heterocycles. The third-order valence-corrected chi connectivity index (χ3v) is 13.7. The monoisotopic (exact) mass is 865 g/mol. The molecule has 68 heavy (non-hydrogen) atoms. The van der Waals surface area contributed by atoms with Crippen LogP contribution in [0.5, 0.6) is 0 Å². The molecule has 2 heteroatoms. The van der Waals surface area contributed by atoms with E-state index in [2.05, 4.69) is 260 Å². The van der Waals surface area contributed by atoms with Gasteiger partial charge in [0, 0.05) is 27.8 Å². The van der Waals surface area contributed by atoms with Crippen LogP contribution in [0.4, 0.5) is 17.1 Å². The van der Waals surface area contributed by atoms with Crippen LogP contribution in [-0.4, -0.2) is 0 Å². The molecule has 1 aromatic heterocycles. The molecule has 13 aromatic rings. The van der Waals surface area contributed by atoms with Gasteiger partial charge in [-0.05, 0) is 136 Å². The molecule has 0 bridgehead atoms. The van der Waals surface area contributed by atoms with Crippen LogP contribution >= 0.6 is 0 Å². The maximum Gasteiger partial charge on any atom is 0.136 e. The smallest absolute Gasteiger partial charge is 0.136 e. The highest BCUT2D eigenvalue weighted by Gasteiger charge is 2.21. The van der Waals surface area contributed by atoms with Gasteiger partial charge in [0.05, 0.1) is 0 Å². The average Bonchev–Trinajstić information content (AvgIpc) is 3.80. The summed E-state index contributed by atoms with van der Waals surface area (Å²) in [7, 11) is 0. The van der Waals surface area contributed by atoms with Crippen molar-refractivity contribution < 1.29 is 4.42 Å². The quantitative estimate of drug-likeness (QED) is 0.142. The zero-order chi connectivity index (χ0) is 45.0. The van der Waals surface area contributed by atoms with Gasteiger partial charge in [0.25, 0.3) is 0 Å². The van der Waals surface area contributed by atoms with Gasteiger partial charge in [0.15, 0.2) is 0 Å². The second-order valence-corrected chi connectivity index (χ2v) is 17.6. The van der Waals surface area contributed by atoms with Gasteiger partial charge in [-0.1, -0.05) is 212 Å². The Kier molecular flexibility index (Phi) is 9.54. The number of nitrogens with zero attached hydrogens (tertiary/aromatic N) is 1. The van der Waals surface area contributed by atoms with Gasteiger partial charge in [-0.25, -0.2) is 0 Å². The largest absolute Gasteiger partial charge is 0.456 e. The van der Waals surface area contributed by atoms with E-state index >= 15 is 0 Å². The van der Waals surface area contributed by atoms with E-state index in [0.717, 1.165) is 61.3 Å². The highest BCUT2D eigenvalue weighted by molar-refractivity contribution is 6.22. The number of furan rings is 1. The van der Waals surface area contributed by atoms with Crippen molar-refractivity contribution in [2.45, 2.75) is 0 Å². The Labute approximate surface area is 395 Å². The fourth-order valence-electron chi connectivity index (χ4n) is 10.5. The summed E-state index contributed by atoms with van der Waals surface area (Å²) in [6.45, 7) is 0. The first-order valence-electron chi connectivity index (χ1n) is 23.3. The minimum absolute atomic E-state index is 0.885. The molecule has 0 radical (unpaired) electrons. The first-order valence-corrected chi connectivity index (χ1v) is 23.3. The first kappa shape index (κ1) is 39.4. The molecule has 1 heterocycles. The molecule has 0 atom stereocenters. The molecule has 0 saturated heterocycles. The Morgan fingerprint density at radius 3 is 1.44 bits per heavy atom. The molecule has 0 aliphatic carbocycles. The molecule has 0 amide bonds. The van der Waals surface area contributed by atoms with Crippen molar-refractivity contribution in [2.75, 3.05) is 4.90 Å². The van der Waals surface area contributed by atoms with E-state index in [1.54, 1.807) is 0 Å². The second-order valence-electron chi connectivity index (χ2n) is 17.6.